The van der Waals surface area contributed by atoms with Crippen molar-refractivity contribution in [2.24, 2.45) is 0 Å². The van der Waals surface area contributed by atoms with Gasteiger partial charge in [-0.05, 0) is 49.7 Å². The minimum absolute atomic E-state index is 0.765. The van der Waals surface area contributed by atoms with Gasteiger partial charge in [-0.25, -0.2) is 4.98 Å². The third kappa shape index (κ3) is 2.17. The largest absolute Gasteiger partial charge is 0.399 e. The van der Waals surface area contributed by atoms with Crippen molar-refractivity contribution in [3.05, 3.63) is 59.7 Å². The van der Waals surface area contributed by atoms with E-state index in [-0.39, 0.29) is 0 Å². The SMILES string of the molecule is Cc1ccc2nc(-c3cccc(N)c3)cc(C)c2c1. The zero-order valence-electron chi connectivity index (χ0n) is 11.1. The lowest BCUT2D eigenvalue weighted by molar-refractivity contribution is 1.35. The van der Waals surface area contributed by atoms with Gasteiger partial charge in [0.15, 0.2) is 0 Å². The van der Waals surface area contributed by atoms with Crippen molar-refractivity contribution in [2.45, 2.75) is 13.8 Å². The van der Waals surface area contributed by atoms with Crippen molar-refractivity contribution >= 4 is 16.6 Å². The van der Waals surface area contributed by atoms with Gasteiger partial charge >= 0.3 is 0 Å². The number of nitrogen functional groups attached to an aromatic ring is 1. The van der Waals surface area contributed by atoms with E-state index in [1.54, 1.807) is 0 Å². The predicted molar refractivity (Wildman–Crippen MR) is 81.1 cm³/mol. The van der Waals surface area contributed by atoms with Gasteiger partial charge in [-0.2, -0.15) is 0 Å². The van der Waals surface area contributed by atoms with Crippen LogP contribution in [0.5, 0.6) is 0 Å². The van der Waals surface area contributed by atoms with E-state index < -0.39 is 0 Å². The van der Waals surface area contributed by atoms with E-state index in [0.29, 0.717) is 0 Å². The average Bonchev–Trinajstić information content (AvgIpc) is 2.39. The van der Waals surface area contributed by atoms with Crippen LogP contribution in [0.2, 0.25) is 0 Å². The van der Waals surface area contributed by atoms with Crippen LogP contribution >= 0.6 is 0 Å². The fraction of sp³-hybridized carbons (Fsp3) is 0.118. The Kier molecular flexibility index (Phi) is 2.71. The Morgan fingerprint density at radius 3 is 2.58 bits per heavy atom. The molecule has 3 aromatic rings. The van der Waals surface area contributed by atoms with E-state index in [2.05, 4.69) is 38.1 Å². The first-order chi connectivity index (χ1) is 9.13. The Balaban J connectivity index is 2.24. The number of pyridine rings is 1. The van der Waals surface area contributed by atoms with E-state index in [1.165, 1.54) is 16.5 Å². The predicted octanol–water partition coefficient (Wildman–Crippen LogP) is 4.10. The van der Waals surface area contributed by atoms with Crippen LogP contribution in [0.25, 0.3) is 22.2 Å². The lowest BCUT2D eigenvalue weighted by Crippen LogP contribution is -1.91. The topological polar surface area (TPSA) is 38.9 Å². The molecule has 2 nitrogen and oxygen atoms in total. The summed E-state index contributed by atoms with van der Waals surface area (Å²) in [4.78, 5) is 4.73. The van der Waals surface area contributed by atoms with E-state index in [1.807, 2.05) is 24.3 Å². The molecule has 1 heterocycles. The first-order valence-corrected chi connectivity index (χ1v) is 6.37. The van der Waals surface area contributed by atoms with Crippen molar-refractivity contribution < 1.29 is 0 Å². The summed E-state index contributed by atoms with van der Waals surface area (Å²) in [5.74, 6) is 0. The molecule has 0 aliphatic heterocycles. The maximum atomic E-state index is 5.84. The standard InChI is InChI=1S/C17H16N2/c1-11-6-7-16-15(8-11)12(2)9-17(19-16)13-4-3-5-14(18)10-13/h3-10H,18H2,1-2H3. The number of nitrogens with zero attached hydrogens (tertiary/aromatic N) is 1. The van der Waals surface area contributed by atoms with Crippen LogP contribution in [0.4, 0.5) is 5.69 Å². The molecule has 0 radical (unpaired) electrons. The molecule has 2 N–H and O–H groups in total. The van der Waals surface area contributed by atoms with Crippen LogP contribution in [0.1, 0.15) is 11.1 Å². The second-order valence-electron chi connectivity index (χ2n) is 4.97. The molecule has 0 atom stereocenters. The quantitative estimate of drug-likeness (QED) is 0.658. The Labute approximate surface area is 112 Å². The van der Waals surface area contributed by atoms with Crippen LogP contribution in [0, 0.1) is 13.8 Å². The monoisotopic (exact) mass is 248 g/mol. The van der Waals surface area contributed by atoms with Crippen LogP contribution in [-0.2, 0) is 0 Å². The summed E-state index contributed by atoms with van der Waals surface area (Å²) in [5, 5.41) is 1.22. The van der Waals surface area contributed by atoms with Gasteiger partial charge < -0.3 is 5.73 Å². The van der Waals surface area contributed by atoms with E-state index in [9.17, 15) is 0 Å². The molecule has 94 valence electrons. The minimum Gasteiger partial charge on any atom is -0.399 e. The van der Waals surface area contributed by atoms with Crippen molar-refractivity contribution in [1.82, 2.24) is 4.98 Å². The van der Waals surface area contributed by atoms with Crippen molar-refractivity contribution in [3.63, 3.8) is 0 Å². The first kappa shape index (κ1) is 11.7. The molecule has 0 fully saturated rings. The summed E-state index contributed by atoms with van der Waals surface area (Å²) in [7, 11) is 0. The molecule has 0 unspecified atom stereocenters. The second-order valence-corrected chi connectivity index (χ2v) is 4.97. The Morgan fingerprint density at radius 2 is 1.79 bits per heavy atom. The molecule has 2 aromatic carbocycles. The van der Waals surface area contributed by atoms with Crippen molar-refractivity contribution in [1.29, 1.82) is 0 Å². The summed E-state index contributed by atoms with van der Waals surface area (Å²) >= 11 is 0. The fourth-order valence-electron chi connectivity index (χ4n) is 2.35. The molecule has 0 amide bonds. The Hall–Kier alpha value is -2.35. The summed E-state index contributed by atoms with van der Waals surface area (Å²) in [6.07, 6.45) is 0. The number of hydrogen-bond acceptors (Lipinski definition) is 2. The number of fused-ring (bicyclic) bond motifs is 1. The number of benzene rings is 2. The molecule has 0 aliphatic rings. The lowest BCUT2D eigenvalue weighted by atomic mass is 10.0. The van der Waals surface area contributed by atoms with Crippen LogP contribution in [0.15, 0.2) is 48.5 Å². The summed E-state index contributed by atoms with van der Waals surface area (Å²) in [5.41, 5.74) is 12.2. The maximum absolute atomic E-state index is 5.84. The molecule has 19 heavy (non-hydrogen) atoms. The van der Waals surface area contributed by atoms with Gasteiger partial charge in [0.1, 0.15) is 0 Å². The van der Waals surface area contributed by atoms with Crippen LogP contribution in [0.3, 0.4) is 0 Å². The molecular weight excluding hydrogens is 232 g/mol. The molecule has 2 heteroatoms. The zero-order valence-corrected chi connectivity index (χ0v) is 11.1. The average molecular weight is 248 g/mol. The van der Waals surface area contributed by atoms with Gasteiger partial charge in [0.05, 0.1) is 11.2 Å². The van der Waals surface area contributed by atoms with Gasteiger partial charge in [-0.3, -0.25) is 0 Å². The fourth-order valence-corrected chi connectivity index (χ4v) is 2.35. The molecule has 3 rings (SSSR count). The zero-order chi connectivity index (χ0) is 13.4. The number of nitrogens with two attached hydrogens (primary N) is 1. The summed E-state index contributed by atoms with van der Waals surface area (Å²) in [6, 6.07) is 16.3. The third-order valence-corrected chi connectivity index (χ3v) is 3.35. The molecular formula is C17H16N2. The molecule has 1 aromatic heterocycles. The number of anilines is 1. The Morgan fingerprint density at radius 1 is 0.947 bits per heavy atom. The van der Waals surface area contributed by atoms with Crippen LogP contribution in [-0.4, -0.2) is 4.98 Å². The van der Waals surface area contributed by atoms with E-state index in [0.717, 1.165) is 22.5 Å². The van der Waals surface area contributed by atoms with Gasteiger partial charge in [0.25, 0.3) is 0 Å². The highest BCUT2D eigenvalue weighted by Gasteiger charge is 2.05. The lowest BCUT2D eigenvalue weighted by Gasteiger charge is -2.08. The highest BCUT2D eigenvalue weighted by atomic mass is 14.7. The highest BCUT2D eigenvalue weighted by molar-refractivity contribution is 5.85. The Bertz CT molecular complexity index is 760. The maximum Gasteiger partial charge on any atom is 0.0713 e. The third-order valence-electron chi connectivity index (χ3n) is 3.35. The number of aromatic nitrogens is 1. The van der Waals surface area contributed by atoms with Crippen molar-refractivity contribution in [2.75, 3.05) is 5.73 Å². The summed E-state index contributed by atoms with van der Waals surface area (Å²) in [6.45, 7) is 4.23. The number of rotatable bonds is 1. The molecule has 0 bridgehead atoms. The van der Waals surface area contributed by atoms with Crippen molar-refractivity contribution in [3.8, 4) is 11.3 Å². The molecule has 0 saturated heterocycles. The van der Waals surface area contributed by atoms with Gasteiger partial charge in [-0.1, -0.05) is 23.8 Å². The van der Waals surface area contributed by atoms with E-state index >= 15 is 0 Å². The first-order valence-electron chi connectivity index (χ1n) is 6.37. The van der Waals surface area contributed by atoms with Crippen LogP contribution < -0.4 is 5.73 Å². The second kappa shape index (κ2) is 4.39. The smallest absolute Gasteiger partial charge is 0.0713 e. The molecule has 0 saturated carbocycles. The van der Waals surface area contributed by atoms with Gasteiger partial charge in [0, 0.05) is 16.6 Å². The number of hydrogen-bond donors (Lipinski definition) is 1. The summed E-state index contributed by atoms with van der Waals surface area (Å²) < 4.78 is 0. The van der Waals surface area contributed by atoms with E-state index in [4.69, 9.17) is 10.7 Å². The molecule has 0 spiro atoms. The van der Waals surface area contributed by atoms with Gasteiger partial charge in [-0.15, -0.1) is 0 Å². The van der Waals surface area contributed by atoms with Gasteiger partial charge in [0.2, 0.25) is 0 Å². The minimum atomic E-state index is 0.765. The number of aryl methyl sites for hydroxylation is 2. The highest BCUT2D eigenvalue weighted by Crippen LogP contribution is 2.26. The molecule has 0 aliphatic carbocycles. The normalized spacial score (nSPS) is 10.8.